The van der Waals surface area contributed by atoms with Gasteiger partial charge in [0, 0.05) is 0 Å². The van der Waals surface area contributed by atoms with E-state index in [2.05, 4.69) is 116 Å². The maximum absolute atomic E-state index is 2.55. The van der Waals surface area contributed by atoms with Crippen LogP contribution in [0.25, 0.3) is 0 Å². The van der Waals surface area contributed by atoms with Crippen LogP contribution in [0.4, 0.5) is 0 Å². The van der Waals surface area contributed by atoms with Crippen molar-refractivity contribution in [2.45, 2.75) is 107 Å². The Labute approximate surface area is 293 Å². The Morgan fingerprint density at radius 2 is 1.15 bits per heavy atom. The summed E-state index contributed by atoms with van der Waals surface area (Å²) in [5.41, 5.74) is 11.1. The van der Waals surface area contributed by atoms with Gasteiger partial charge in [-0.05, 0) is 187 Å². The molecule has 16 unspecified atom stereocenters. The average molecular weight is 641 g/mol. The van der Waals surface area contributed by atoms with Crippen LogP contribution in [0.3, 0.4) is 0 Å². The van der Waals surface area contributed by atoms with Gasteiger partial charge < -0.3 is 0 Å². The summed E-state index contributed by atoms with van der Waals surface area (Å²) >= 11 is 0. The van der Waals surface area contributed by atoms with Crippen LogP contribution in [0, 0.1) is 93.7 Å². The predicted octanol–water partition coefficient (Wildman–Crippen LogP) is 12.7. The molecule has 12 aliphatic rings. The Balaban J connectivity index is 0.0000000871. The number of allylic oxidation sites excluding steroid dienone is 16. The largest absolute Gasteiger partial charge is 0.0850 e. The Bertz CT molecular complexity index is 1610. The van der Waals surface area contributed by atoms with Crippen molar-refractivity contribution in [1.82, 2.24) is 0 Å². The highest BCUT2D eigenvalue weighted by molar-refractivity contribution is 5.34. The van der Waals surface area contributed by atoms with Crippen LogP contribution in [0.15, 0.2) is 94.2 Å². The van der Waals surface area contributed by atoms with Crippen LogP contribution in [0.2, 0.25) is 0 Å². The fourth-order valence-corrected chi connectivity index (χ4v) is 15.0. The Hall–Kier alpha value is -2.08. The second kappa shape index (κ2) is 11.2. The summed E-state index contributed by atoms with van der Waals surface area (Å²) in [6, 6.07) is 0. The van der Waals surface area contributed by atoms with Gasteiger partial charge >= 0.3 is 0 Å². The van der Waals surface area contributed by atoms with E-state index in [9.17, 15) is 0 Å². The summed E-state index contributed by atoms with van der Waals surface area (Å²) in [5.74, 6) is 13.1. The van der Waals surface area contributed by atoms with E-state index in [4.69, 9.17) is 0 Å². The molecule has 0 aromatic carbocycles. The molecule has 0 aliphatic heterocycles. The molecule has 12 aliphatic carbocycles. The van der Waals surface area contributed by atoms with Crippen molar-refractivity contribution >= 4 is 0 Å². The van der Waals surface area contributed by atoms with E-state index < -0.39 is 0 Å². The Morgan fingerprint density at radius 3 is 1.92 bits per heavy atom. The molecule has 4 fully saturated rings. The molecule has 0 spiro atoms. The molecule has 0 nitrogen and oxygen atoms in total. The third-order valence-corrected chi connectivity index (χ3v) is 17.1. The molecule has 0 saturated heterocycles. The van der Waals surface area contributed by atoms with E-state index in [1.165, 1.54) is 51.4 Å². The molecule has 0 aromatic heterocycles. The first-order valence-corrected chi connectivity index (χ1v) is 20.4. The van der Waals surface area contributed by atoms with Crippen LogP contribution < -0.4 is 0 Å². The lowest BCUT2D eigenvalue weighted by Crippen LogP contribution is -2.23. The van der Waals surface area contributed by atoms with E-state index in [-0.39, 0.29) is 0 Å². The van der Waals surface area contributed by atoms with Gasteiger partial charge in [0.2, 0.25) is 0 Å². The van der Waals surface area contributed by atoms with Gasteiger partial charge in [0.15, 0.2) is 0 Å². The minimum Gasteiger partial charge on any atom is -0.0850 e. The van der Waals surface area contributed by atoms with Gasteiger partial charge in [-0.2, -0.15) is 0 Å². The van der Waals surface area contributed by atoms with Gasteiger partial charge in [-0.25, -0.2) is 0 Å². The van der Waals surface area contributed by atoms with Gasteiger partial charge in [0.25, 0.3) is 0 Å². The molecule has 0 heteroatoms. The Kier molecular flexibility index (Phi) is 7.44. The lowest BCUT2D eigenvalue weighted by atomic mass is 9.74. The van der Waals surface area contributed by atoms with Crippen LogP contribution in [-0.4, -0.2) is 0 Å². The minimum absolute atomic E-state index is 0.534. The lowest BCUT2D eigenvalue weighted by Gasteiger charge is -2.30. The Morgan fingerprint density at radius 1 is 0.542 bits per heavy atom. The first-order valence-electron chi connectivity index (χ1n) is 20.4. The third-order valence-electron chi connectivity index (χ3n) is 17.1. The van der Waals surface area contributed by atoms with Gasteiger partial charge in [-0.3, -0.25) is 0 Å². The number of hydrogen-bond donors (Lipinski definition) is 0. The van der Waals surface area contributed by atoms with E-state index in [1.807, 2.05) is 0 Å². The quantitative estimate of drug-likeness (QED) is 0.231. The molecule has 0 radical (unpaired) electrons. The summed E-state index contributed by atoms with van der Waals surface area (Å²) in [6.07, 6.45) is 36.1. The lowest BCUT2D eigenvalue weighted by molar-refractivity contribution is 0.283. The molecule has 0 N–H and O–H groups in total. The van der Waals surface area contributed by atoms with Gasteiger partial charge in [-0.15, -0.1) is 0 Å². The zero-order chi connectivity index (χ0) is 33.3. The fraction of sp³-hybridized carbons (Fsp3) is 0.667. The summed E-state index contributed by atoms with van der Waals surface area (Å²) in [5, 5.41) is 0. The normalized spacial score (nSPS) is 51.8. The third kappa shape index (κ3) is 4.72. The van der Waals surface area contributed by atoms with Crippen molar-refractivity contribution in [1.29, 1.82) is 0 Å². The highest BCUT2D eigenvalue weighted by Gasteiger charge is 2.55. The predicted molar refractivity (Wildman–Crippen MR) is 203 cm³/mol. The molecule has 16 atom stereocenters. The van der Waals surface area contributed by atoms with E-state index in [1.54, 1.807) is 33.4 Å². The fourth-order valence-electron chi connectivity index (χ4n) is 15.0. The van der Waals surface area contributed by atoms with Crippen LogP contribution in [-0.2, 0) is 0 Å². The van der Waals surface area contributed by atoms with Crippen molar-refractivity contribution in [3.63, 3.8) is 0 Å². The zero-order valence-electron chi connectivity index (χ0n) is 31.5. The molecule has 8 bridgehead atoms. The molecular formula is C48H64. The number of fused-ring (bicyclic) bond motifs is 20. The van der Waals surface area contributed by atoms with Crippen molar-refractivity contribution in [2.24, 2.45) is 93.7 Å². The number of rotatable bonds is 0. The average Bonchev–Trinajstić information content (AvgIpc) is 3.87. The molecule has 0 amide bonds. The first-order chi connectivity index (χ1) is 22.9. The second-order valence-electron chi connectivity index (χ2n) is 19.8. The minimum atomic E-state index is 0.534. The summed E-state index contributed by atoms with van der Waals surface area (Å²) in [4.78, 5) is 0. The molecular weight excluding hydrogens is 577 g/mol. The number of hydrogen-bond acceptors (Lipinski definition) is 0. The SMILES string of the molecule is CC1=CC2C3CC(C=C3C)C2C1.CC1=CC2CC1C1C(C)=CCC21.CC1=CCC2C1C1C=CC2(C)C1.CC1=CCC2C3C=CC(C)(C3)C12. The maximum atomic E-state index is 2.55. The van der Waals surface area contributed by atoms with Crippen LogP contribution >= 0.6 is 0 Å². The molecule has 48 heavy (non-hydrogen) atoms. The molecule has 12 rings (SSSR count). The molecule has 0 aromatic rings. The van der Waals surface area contributed by atoms with Crippen LogP contribution in [0.1, 0.15) is 107 Å². The van der Waals surface area contributed by atoms with Crippen LogP contribution in [0.5, 0.6) is 0 Å². The summed E-state index contributed by atoms with van der Waals surface area (Å²) in [7, 11) is 0. The van der Waals surface area contributed by atoms with Crippen molar-refractivity contribution in [3.05, 3.63) is 94.2 Å². The van der Waals surface area contributed by atoms with E-state index in [0.29, 0.717) is 10.8 Å². The molecule has 0 heterocycles. The van der Waals surface area contributed by atoms with Crippen molar-refractivity contribution in [2.75, 3.05) is 0 Å². The smallest absolute Gasteiger partial charge is 0.00724 e. The highest BCUT2D eigenvalue weighted by Crippen LogP contribution is 2.63. The highest BCUT2D eigenvalue weighted by atomic mass is 14.6. The van der Waals surface area contributed by atoms with Gasteiger partial charge in [0.05, 0.1) is 0 Å². The zero-order valence-corrected chi connectivity index (χ0v) is 31.5. The summed E-state index contributed by atoms with van der Waals surface area (Å²) < 4.78 is 0. The van der Waals surface area contributed by atoms with Gasteiger partial charge in [-0.1, -0.05) is 108 Å². The van der Waals surface area contributed by atoms with E-state index >= 15 is 0 Å². The standard InChI is InChI=1S/4C12H16/c1-7-3-11-9-5-8(2)10(6-9)12(11)4-7;1-7-3-4-10-9-5-8(2)11(6-9)12(7)10;1-8-3-4-10-11(8)9-5-6-12(10,2)7-9;1-8-3-4-10-9-5-6-12(2,7-9)11(8)10/h4-5,9-12H,3,6H2,1-2H3;3,5,9-12H,4,6H2,1-2H3;2*3,5-6,9-11H,4,7H2,1-2H3. The molecule has 256 valence electrons. The van der Waals surface area contributed by atoms with Crippen molar-refractivity contribution < 1.29 is 0 Å². The van der Waals surface area contributed by atoms with Gasteiger partial charge in [0.1, 0.15) is 0 Å². The van der Waals surface area contributed by atoms with E-state index in [0.717, 1.165) is 82.9 Å². The monoisotopic (exact) mass is 641 g/mol. The maximum Gasteiger partial charge on any atom is -0.00724 e. The van der Waals surface area contributed by atoms with Crippen molar-refractivity contribution in [3.8, 4) is 0 Å². The topological polar surface area (TPSA) is 0 Å². The molecule has 4 saturated carbocycles. The summed E-state index contributed by atoms with van der Waals surface area (Å²) in [6.45, 7) is 18.8. The first kappa shape index (κ1) is 31.9. The second-order valence-corrected chi connectivity index (χ2v) is 19.8.